The van der Waals surface area contributed by atoms with Gasteiger partial charge in [-0.25, -0.2) is 8.42 Å². The standard InChI is InChI=1S/C20H22N2O3S/c1-14(15-8-10-17(11-9-15)26(3,24)25)22(2)20(23)12-16-13-21-19-7-5-4-6-18(16)19/h4-11,13-14,21H,12H2,1-3H3/t14-/m1/s1. The summed E-state index contributed by atoms with van der Waals surface area (Å²) in [5, 5.41) is 1.06. The third-order valence-electron chi connectivity index (χ3n) is 4.78. The largest absolute Gasteiger partial charge is 0.361 e. The molecule has 0 aliphatic heterocycles. The molecule has 5 nitrogen and oxygen atoms in total. The van der Waals surface area contributed by atoms with Crippen LogP contribution in [0.15, 0.2) is 59.6 Å². The molecule has 26 heavy (non-hydrogen) atoms. The first kappa shape index (κ1) is 18.2. The van der Waals surface area contributed by atoms with Gasteiger partial charge in [-0.1, -0.05) is 30.3 Å². The van der Waals surface area contributed by atoms with Crippen molar-refractivity contribution in [1.82, 2.24) is 9.88 Å². The Kier molecular flexibility index (Phi) is 4.87. The topological polar surface area (TPSA) is 70.2 Å². The maximum Gasteiger partial charge on any atom is 0.227 e. The highest BCUT2D eigenvalue weighted by Crippen LogP contribution is 2.23. The number of benzene rings is 2. The number of rotatable bonds is 5. The lowest BCUT2D eigenvalue weighted by molar-refractivity contribution is -0.131. The van der Waals surface area contributed by atoms with Crippen molar-refractivity contribution in [2.75, 3.05) is 13.3 Å². The number of fused-ring (bicyclic) bond motifs is 1. The number of likely N-dealkylation sites (N-methyl/N-ethyl adjacent to an activating group) is 1. The Hall–Kier alpha value is -2.60. The van der Waals surface area contributed by atoms with Crippen LogP contribution in [0.25, 0.3) is 10.9 Å². The van der Waals surface area contributed by atoms with E-state index in [2.05, 4.69) is 4.98 Å². The van der Waals surface area contributed by atoms with Crippen molar-refractivity contribution in [2.24, 2.45) is 0 Å². The van der Waals surface area contributed by atoms with Gasteiger partial charge in [0.05, 0.1) is 17.4 Å². The summed E-state index contributed by atoms with van der Waals surface area (Å²) in [5.74, 6) is 0.00874. The number of nitrogens with one attached hydrogen (secondary N) is 1. The molecule has 0 unspecified atom stereocenters. The van der Waals surface area contributed by atoms with Crippen LogP contribution in [-0.4, -0.2) is 37.5 Å². The van der Waals surface area contributed by atoms with Crippen molar-refractivity contribution in [1.29, 1.82) is 0 Å². The van der Waals surface area contributed by atoms with Crippen LogP contribution in [0, 0.1) is 0 Å². The van der Waals surface area contributed by atoms with Crippen LogP contribution in [0.5, 0.6) is 0 Å². The monoisotopic (exact) mass is 370 g/mol. The summed E-state index contributed by atoms with van der Waals surface area (Å²) in [6.45, 7) is 1.93. The second-order valence-electron chi connectivity index (χ2n) is 6.56. The van der Waals surface area contributed by atoms with Gasteiger partial charge in [-0.2, -0.15) is 0 Å². The molecule has 0 saturated carbocycles. The Morgan fingerprint density at radius 3 is 2.42 bits per heavy atom. The Morgan fingerprint density at radius 1 is 1.12 bits per heavy atom. The van der Waals surface area contributed by atoms with Crippen molar-refractivity contribution in [3.05, 3.63) is 65.9 Å². The van der Waals surface area contributed by atoms with Crippen molar-refractivity contribution in [3.63, 3.8) is 0 Å². The number of sulfone groups is 1. The summed E-state index contributed by atoms with van der Waals surface area (Å²) in [7, 11) is -1.45. The van der Waals surface area contributed by atoms with Gasteiger partial charge in [0.1, 0.15) is 0 Å². The number of H-pyrrole nitrogens is 1. The van der Waals surface area contributed by atoms with Gasteiger partial charge in [0.15, 0.2) is 9.84 Å². The maximum absolute atomic E-state index is 12.7. The molecule has 1 heterocycles. The van der Waals surface area contributed by atoms with E-state index in [0.717, 1.165) is 22.0 Å². The lowest BCUT2D eigenvalue weighted by atomic mass is 10.1. The smallest absolute Gasteiger partial charge is 0.227 e. The molecule has 1 N–H and O–H groups in total. The number of carbonyl (C=O) groups excluding carboxylic acids is 1. The first-order valence-corrected chi connectivity index (χ1v) is 10.3. The number of aromatic nitrogens is 1. The summed E-state index contributed by atoms with van der Waals surface area (Å²) in [5.41, 5.74) is 2.88. The zero-order valence-corrected chi connectivity index (χ0v) is 15.9. The van der Waals surface area contributed by atoms with E-state index in [4.69, 9.17) is 0 Å². The van der Waals surface area contributed by atoms with Crippen molar-refractivity contribution in [3.8, 4) is 0 Å². The predicted octanol–water partition coefficient (Wildman–Crippen LogP) is 3.33. The van der Waals surface area contributed by atoms with Crippen LogP contribution in [0.4, 0.5) is 0 Å². The Morgan fingerprint density at radius 2 is 1.77 bits per heavy atom. The first-order chi connectivity index (χ1) is 12.3. The molecule has 0 bridgehead atoms. The molecular weight excluding hydrogens is 348 g/mol. The van der Waals surface area contributed by atoms with E-state index >= 15 is 0 Å². The van der Waals surface area contributed by atoms with Crippen LogP contribution in [0.2, 0.25) is 0 Å². The van der Waals surface area contributed by atoms with Gasteiger partial charge in [0.2, 0.25) is 5.91 Å². The van der Waals surface area contributed by atoms with E-state index in [0.29, 0.717) is 6.42 Å². The minimum atomic E-state index is -3.22. The van der Waals surface area contributed by atoms with Gasteiger partial charge in [-0.15, -0.1) is 0 Å². The molecule has 1 atom stereocenters. The van der Waals surface area contributed by atoms with E-state index < -0.39 is 9.84 Å². The molecule has 2 aromatic carbocycles. The lowest BCUT2D eigenvalue weighted by Crippen LogP contribution is -2.30. The average Bonchev–Trinajstić information content (AvgIpc) is 3.03. The third kappa shape index (κ3) is 3.65. The van der Waals surface area contributed by atoms with E-state index in [1.54, 1.807) is 36.2 Å². The molecule has 3 aromatic rings. The van der Waals surface area contributed by atoms with E-state index in [9.17, 15) is 13.2 Å². The summed E-state index contributed by atoms with van der Waals surface area (Å²) in [6.07, 6.45) is 3.37. The molecule has 0 spiro atoms. The molecule has 1 amide bonds. The Bertz CT molecular complexity index is 1040. The fourth-order valence-electron chi connectivity index (χ4n) is 3.00. The second-order valence-corrected chi connectivity index (χ2v) is 8.57. The highest BCUT2D eigenvalue weighted by Gasteiger charge is 2.19. The van der Waals surface area contributed by atoms with Gasteiger partial charge in [-0.3, -0.25) is 4.79 Å². The quantitative estimate of drug-likeness (QED) is 0.749. The highest BCUT2D eigenvalue weighted by molar-refractivity contribution is 7.90. The number of hydrogen-bond acceptors (Lipinski definition) is 3. The van der Waals surface area contributed by atoms with Crippen LogP contribution >= 0.6 is 0 Å². The zero-order chi connectivity index (χ0) is 18.9. The second kappa shape index (κ2) is 6.96. The predicted molar refractivity (Wildman–Crippen MR) is 103 cm³/mol. The summed E-state index contributed by atoms with van der Waals surface area (Å²) in [4.78, 5) is 17.9. The number of para-hydroxylation sites is 1. The molecule has 6 heteroatoms. The van der Waals surface area contributed by atoms with Gasteiger partial charge in [0, 0.05) is 30.4 Å². The Balaban J connectivity index is 1.75. The molecular formula is C20H22N2O3S. The van der Waals surface area contributed by atoms with Crippen LogP contribution in [0.3, 0.4) is 0 Å². The van der Waals surface area contributed by atoms with Crippen molar-refractivity contribution >= 4 is 26.6 Å². The Labute approximate surface area is 153 Å². The average molecular weight is 370 g/mol. The van der Waals surface area contributed by atoms with E-state index in [1.165, 1.54) is 6.26 Å². The fraction of sp³-hybridized carbons (Fsp3) is 0.250. The first-order valence-electron chi connectivity index (χ1n) is 8.38. The minimum absolute atomic E-state index is 0.00874. The minimum Gasteiger partial charge on any atom is -0.361 e. The van der Waals surface area contributed by atoms with Gasteiger partial charge in [-0.05, 0) is 36.2 Å². The molecule has 136 valence electrons. The SMILES string of the molecule is C[C@H](c1ccc(S(C)(=O)=O)cc1)N(C)C(=O)Cc1c[nH]c2ccccc12. The zero-order valence-electron chi connectivity index (χ0n) is 15.1. The molecule has 0 fully saturated rings. The van der Waals surface area contributed by atoms with Crippen molar-refractivity contribution in [2.45, 2.75) is 24.3 Å². The summed E-state index contributed by atoms with van der Waals surface area (Å²) >= 11 is 0. The lowest BCUT2D eigenvalue weighted by Gasteiger charge is -2.25. The molecule has 0 radical (unpaired) electrons. The summed E-state index contributed by atoms with van der Waals surface area (Å²) in [6, 6.07) is 14.4. The third-order valence-corrected chi connectivity index (χ3v) is 5.91. The molecule has 0 aliphatic carbocycles. The van der Waals surface area contributed by atoms with Gasteiger partial charge < -0.3 is 9.88 Å². The molecule has 3 rings (SSSR count). The van der Waals surface area contributed by atoms with Crippen LogP contribution in [-0.2, 0) is 21.1 Å². The molecule has 0 saturated heterocycles. The summed E-state index contributed by atoms with van der Waals surface area (Å²) < 4.78 is 23.1. The van der Waals surface area contributed by atoms with Crippen LogP contribution in [0.1, 0.15) is 24.1 Å². The highest BCUT2D eigenvalue weighted by atomic mass is 32.2. The number of hydrogen-bond donors (Lipinski definition) is 1. The number of amides is 1. The maximum atomic E-state index is 12.7. The van der Waals surface area contributed by atoms with Crippen LogP contribution < -0.4 is 0 Å². The number of nitrogens with zero attached hydrogens (tertiary/aromatic N) is 1. The van der Waals surface area contributed by atoms with Crippen molar-refractivity contribution < 1.29 is 13.2 Å². The molecule has 0 aliphatic rings. The number of carbonyl (C=O) groups is 1. The van der Waals surface area contributed by atoms with Gasteiger partial charge >= 0.3 is 0 Å². The van der Waals surface area contributed by atoms with Gasteiger partial charge in [0.25, 0.3) is 0 Å². The van der Waals surface area contributed by atoms with E-state index in [1.807, 2.05) is 37.4 Å². The normalized spacial score (nSPS) is 12.9. The fourth-order valence-corrected chi connectivity index (χ4v) is 3.63. The number of aromatic amines is 1. The van der Waals surface area contributed by atoms with E-state index in [-0.39, 0.29) is 16.8 Å². The molecule has 1 aromatic heterocycles.